The monoisotopic (exact) mass is 284 g/mol. The molecule has 0 aromatic heterocycles. The minimum atomic E-state index is -0.859. The fourth-order valence-corrected chi connectivity index (χ4v) is 2.24. The molecule has 0 radical (unpaired) electrons. The Labute approximate surface area is 115 Å². The lowest BCUT2D eigenvalue weighted by Crippen LogP contribution is -2.06. The highest BCUT2D eigenvalue weighted by Gasteiger charge is 2.13. The first-order valence-corrected chi connectivity index (χ1v) is 6.78. The van der Waals surface area contributed by atoms with Crippen LogP contribution in [-0.2, 0) is 4.79 Å². The molecule has 0 spiro atoms. The van der Waals surface area contributed by atoms with Gasteiger partial charge in [-0.2, -0.15) is 11.8 Å². The first-order valence-electron chi connectivity index (χ1n) is 5.63. The van der Waals surface area contributed by atoms with Gasteiger partial charge in [-0.05, 0) is 12.1 Å². The molecule has 19 heavy (non-hydrogen) atoms. The Morgan fingerprint density at radius 1 is 1.26 bits per heavy atom. The van der Waals surface area contributed by atoms with Crippen LogP contribution in [0.25, 0.3) is 0 Å². The van der Waals surface area contributed by atoms with Gasteiger partial charge in [0, 0.05) is 11.8 Å². The molecule has 0 atom stereocenters. The van der Waals surface area contributed by atoms with E-state index < -0.39 is 5.97 Å². The molecular weight excluding hydrogens is 268 g/mol. The normalized spacial score (nSPS) is 10.0. The number of Topliss-reactive ketones (excluding diaryl/α,β-unsaturated/α-hetero) is 1. The number of carbonyl (C=O) groups is 2. The van der Waals surface area contributed by atoms with Gasteiger partial charge in [-0.3, -0.25) is 9.59 Å². The van der Waals surface area contributed by atoms with Crippen molar-refractivity contribution in [2.75, 3.05) is 25.7 Å². The van der Waals surface area contributed by atoms with Crippen LogP contribution < -0.4 is 9.47 Å². The number of thioether (sulfide) groups is 1. The maximum Gasteiger partial charge on any atom is 0.304 e. The van der Waals surface area contributed by atoms with E-state index in [0.717, 1.165) is 0 Å². The lowest BCUT2D eigenvalue weighted by atomic mass is 10.1. The van der Waals surface area contributed by atoms with Crippen LogP contribution in [-0.4, -0.2) is 42.6 Å². The van der Waals surface area contributed by atoms with E-state index in [-0.39, 0.29) is 18.0 Å². The molecule has 0 unspecified atom stereocenters. The van der Waals surface area contributed by atoms with E-state index in [1.807, 2.05) is 0 Å². The van der Waals surface area contributed by atoms with Crippen molar-refractivity contribution in [1.82, 2.24) is 0 Å². The van der Waals surface area contributed by atoms with Gasteiger partial charge in [-0.15, -0.1) is 0 Å². The molecule has 1 aromatic carbocycles. The van der Waals surface area contributed by atoms with Crippen LogP contribution >= 0.6 is 11.8 Å². The topological polar surface area (TPSA) is 72.8 Å². The molecule has 5 nitrogen and oxygen atoms in total. The molecule has 0 bridgehead atoms. The summed E-state index contributed by atoms with van der Waals surface area (Å²) in [4.78, 5) is 22.3. The van der Waals surface area contributed by atoms with Gasteiger partial charge in [-0.25, -0.2) is 0 Å². The number of ether oxygens (including phenoxy) is 2. The molecule has 104 valence electrons. The molecule has 0 heterocycles. The van der Waals surface area contributed by atoms with Crippen LogP contribution in [0.2, 0.25) is 0 Å². The predicted octanol–water partition coefficient (Wildman–Crippen LogP) is 2.09. The molecule has 6 heteroatoms. The number of carbonyl (C=O) groups excluding carboxylic acids is 1. The molecule has 1 rings (SSSR count). The zero-order chi connectivity index (χ0) is 14.3. The summed E-state index contributed by atoms with van der Waals surface area (Å²) in [7, 11) is 3.03. The Balaban J connectivity index is 2.63. The van der Waals surface area contributed by atoms with Crippen LogP contribution in [0.5, 0.6) is 11.5 Å². The summed E-state index contributed by atoms with van der Waals surface area (Å²) in [6, 6.07) is 4.99. The van der Waals surface area contributed by atoms with Gasteiger partial charge in [0.25, 0.3) is 0 Å². The minimum absolute atomic E-state index is 0.0533. The van der Waals surface area contributed by atoms with E-state index in [9.17, 15) is 9.59 Å². The van der Waals surface area contributed by atoms with Crippen LogP contribution in [0.1, 0.15) is 16.8 Å². The number of hydrogen-bond donors (Lipinski definition) is 1. The van der Waals surface area contributed by atoms with Crippen molar-refractivity contribution in [2.24, 2.45) is 0 Å². The van der Waals surface area contributed by atoms with Crippen molar-refractivity contribution in [3.63, 3.8) is 0 Å². The van der Waals surface area contributed by atoms with Crippen molar-refractivity contribution >= 4 is 23.5 Å². The average Bonchev–Trinajstić information content (AvgIpc) is 2.42. The summed E-state index contributed by atoms with van der Waals surface area (Å²) in [5.41, 5.74) is 0.478. The van der Waals surface area contributed by atoms with E-state index in [0.29, 0.717) is 22.8 Å². The third kappa shape index (κ3) is 4.82. The number of benzene rings is 1. The highest BCUT2D eigenvalue weighted by Crippen LogP contribution is 2.25. The largest absolute Gasteiger partial charge is 0.497 e. The number of carboxylic acid groups (broad SMARTS) is 1. The van der Waals surface area contributed by atoms with Gasteiger partial charge < -0.3 is 14.6 Å². The minimum Gasteiger partial charge on any atom is -0.497 e. The van der Waals surface area contributed by atoms with Crippen molar-refractivity contribution in [3.05, 3.63) is 23.8 Å². The standard InChI is InChI=1S/C13H16O5S/c1-17-9-3-4-10(12(7-9)18-2)11(14)8-19-6-5-13(15)16/h3-4,7H,5-6,8H2,1-2H3,(H,15,16). The van der Waals surface area contributed by atoms with Crippen molar-refractivity contribution < 1.29 is 24.2 Å². The lowest BCUT2D eigenvalue weighted by Gasteiger charge is -2.09. The summed E-state index contributed by atoms with van der Waals surface area (Å²) in [6.45, 7) is 0. The fourth-order valence-electron chi connectivity index (χ4n) is 1.43. The molecular formula is C13H16O5S. The van der Waals surface area contributed by atoms with Crippen LogP contribution in [0.3, 0.4) is 0 Å². The van der Waals surface area contributed by atoms with Crippen LogP contribution in [0, 0.1) is 0 Å². The molecule has 0 aliphatic heterocycles. The molecule has 0 saturated heterocycles. The quantitative estimate of drug-likeness (QED) is 0.582. The maximum absolute atomic E-state index is 12.0. The molecule has 0 aliphatic carbocycles. The molecule has 0 saturated carbocycles. The number of ketones is 1. The first kappa shape index (κ1) is 15.4. The van der Waals surface area contributed by atoms with Gasteiger partial charge >= 0.3 is 5.97 Å². The number of rotatable bonds is 8. The van der Waals surface area contributed by atoms with Crippen molar-refractivity contribution in [1.29, 1.82) is 0 Å². The predicted molar refractivity (Wildman–Crippen MR) is 73.5 cm³/mol. The Bertz CT molecular complexity index is 458. The Hall–Kier alpha value is -1.69. The Morgan fingerprint density at radius 2 is 2.00 bits per heavy atom. The second-order valence-corrected chi connectivity index (χ2v) is 4.79. The van der Waals surface area contributed by atoms with Gasteiger partial charge in [-0.1, -0.05) is 0 Å². The number of methoxy groups -OCH3 is 2. The fraction of sp³-hybridized carbons (Fsp3) is 0.385. The van der Waals surface area contributed by atoms with Gasteiger partial charge in [0.05, 0.1) is 32.0 Å². The molecule has 0 amide bonds. The van der Waals surface area contributed by atoms with E-state index >= 15 is 0 Å². The summed E-state index contributed by atoms with van der Waals surface area (Å²) >= 11 is 1.30. The molecule has 0 fully saturated rings. The summed E-state index contributed by atoms with van der Waals surface area (Å²) < 4.78 is 10.2. The second kappa shape index (κ2) is 7.68. The third-order valence-electron chi connectivity index (χ3n) is 2.40. The number of hydrogen-bond acceptors (Lipinski definition) is 5. The SMILES string of the molecule is COc1ccc(C(=O)CSCCC(=O)O)c(OC)c1. The average molecular weight is 284 g/mol. The van der Waals surface area contributed by atoms with Gasteiger partial charge in [0.15, 0.2) is 5.78 Å². The molecule has 1 N–H and O–H groups in total. The van der Waals surface area contributed by atoms with E-state index in [4.69, 9.17) is 14.6 Å². The third-order valence-corrected chi connectivity index (χ3v) is 3.36. The molecule has 0 aliphatic rings. The smallest absolute Gasteiger partial charge is 0.304 e. The van der Waals surface area contributed by atoms with Crippen LogP contribution in [0.15, 0.2) is 18.2 Å². The van der Waals surface area contributed by atoms with Crippen molar-refractivity contribution in [3.8, 4) is 11.5 Å². The highest BCUT2D eigenvalue weighted by atomic mass is 32.2. The maximum atomic E-state index is 12.0. The summed E-state index contributed by atoms with van der Waals surface area (Å²) in [5.74, 6) is 0.780. The van der Waals surface area contributed by atoms with Crippen LogP contribution in [0.4, 0.5) is 0 Å². The first-order chi connectivity index (χ1) is 9.08. The zero-order valence-corrected chi connectivity index (χ0v) is 11.7. The van der Waals surface area contributed by atoms with Crippen molar-refractivity contribution in [2.45, 2.75) is 6.42 Å². The lowest BCUT2D eigenvalue weighted by molar-refractivity contribution is -0.136. The number of carboxylic acids is 1. The highest BCUT2D eigenvalue weighted by molar-refractivity contribution is 8.00. The Morgan fingerprint density at radius 3 is 2.58 bits per heavy atom. The summed E-state index contributed by atoms with van der Waals surface area (Å²) in [5, 5.41) is 8.50. The second-order valence-electron chi connectivity index (χ2n) is 3.69. The van der Waals surface area contributed by atoms with E-state index in [2.05, 4.69) is 0 Å². The Kier molecular flexibility index (Phi) is 6.21. The number of aliphatic carboxylic acids is 1. The molecule has 1 aromatic rings. The van der Waals surface area contributed by atoms with E-state index in [1.165, 1.54) is 26.0 Å². The van der Waals surface area contributed by atoms with E-state index in [1.54, 1.807) is 18.2 Å². The summed E-state index contributed by atoms with van der Waals surface area (Å²) in [6.07, 6.45) is 0.0533. The van der Waals surface area contributed by atoms with Gasteiger partial charge in [0.2, 0.25) is 0 Å². The van der Waals surface area contributed by atoms with Gasteiger partial charge in [0.1, 0.15) is 11.5 Å². The zero-order valence-electron chi connectivity index (χ0n) is 10.8.